The fourth-order valence-corrected chi connectivity index (χ4v) is 7.15. The molecule has 1 unspecified atom stereocenters. The lowest BCUT2D eigenvalue weighted by atomic mass is 9.88. The number of fused-ring (bicyclic) bond motifs is 2. The van der Waals surface area contributed by atoms with E-state index in [0.717, 1.165) is 44.6 Å². The largest absolute Gasteiger partial charge is 0.345 e. The SMILES string of the molecule is O=C(CCCN1CCC(=C(c2ccccc2)c2ccccc2)CC1)NC1c2ccccc2CSc2ccccc21. The first-order valence-corrected chi connectivity index (χ1v) is 15.4. The summed E-state index contributed by atoms with van der Waals surface area (Å²) in [7, 11) is 0. The summed E-state index contributed by atoms with van der Waals surface area (Å²) in [6.07, 6.45) is 3.56. The number of thioether (sulfide) groups is 1. The molecule has 2 heterocycles. The lowest BCUT2D eigenvalue weighted by Crippen LogP contribution is -2.34. The van der Waals surface area contributed by atoms with Crippen molar-refractivity contribution in [3.05, 3.63) is 143 Å². The Labute approximate surface area is 242 Å². The van der Waals surface area contributed by atoms with E-state index in [1.807, 2.05) is 11.8 Å². The van der Waals surface area contributed by atoms with E-state index >= 15 is 0 Å². The average molecular weight is 545 g/mol. The Bertz CT molecular complexity index is 1380. The first-order chi connectivity index (χ1) is 19.8. The highest BCUT2D eigenvalue weighted by Gasteiger charge is 2.25. The average Bonchev–Trinajstić information content (AvgIpc) is 3.16. The Morgan fingerprint density at radius 3 is 2.05 bits per heavy atom. The van der Waals surface area contributed by atoms with Gasteiger partial charge in [-0.2, -0.15) is 0 Å². The zero-order chi connectivity index (χ0) is 27.1. The molecule has 0 saturated carbocycles. The quantitative estimate of drug-likeness (QED) is 0.257. The summed E-state index contributed by atoms with van der Waals surface area (Å²) >= 11 is 1.86. The van der Waals surface area contributed by atoms with Gasteiger partial charge in [0.05, 0.1) is 6.04 Å². The number of likely N-dealkylation sites (tertiary alicyclic amines) is 1. The van der Waals surface area contributed by atoms with Gasteiger partial charge in [0.2, 0.25) is 5.91 Å². The molecule has 4 aromatic carbocycles. The van der Waals surface area contributed by atoms with Gasteiger partial charge in [0, 0.05) is 30.2 Å². The third-order valence-electron chi connectivity index (χ3n) is 8.10. The molecule has 4 heteroatoms. The molecular formula is C36H36N2OS. The van der Waals surface area contributed by atoms with Crippen molar-refractivity contribution in [1.29, 1.82) is 0 Å². The molecular weight excluding hydrogens is 508 g/mol. The van der Waals surface area contributed by atoms with Gasteiger partial charge >= 0.3 is 0 Å². The molecule has 4 aromatic rings. The summed E-state index contributed by atoms with van der Waals surface area (Å²) in [5, 5.41) is 3.39. The van der Waals surface area contributed by atoms with Gasteiger partial charge < -0.3 is 10.2 Å². The van der Waals surface area contributed by atoms with Crippen molar-refractivity contribution in [2.45, 2.75) is 42.4 Å². The molecule has 0 spiro atoms. The summed E-state index contributed by atoms with van der Waals surface area (Å²) in [5.74, 6) is 1.07. The second kappa shape index (κ2) is 12.7. The van der Waals surface area contributed by atoms with Crippen molar-refractivity contribution >= 4 is 23.2 Å². The maximum Gasteiger partial charge on any atom is 0.220 e. The molecule has 0 radical (unpaired) electrons. The number of nitrogens with one attached hydrogen (secondary N) is 1. The first-order valence-electron chi connectivity index (χ1n) is 14.4. The highest BCUT2D eigenvalue weighted by Crippen LogP contribution is 2.39. The third-order valence-corrected chi connectivity index (χ3v) is 9.24. The van der Waals surface area contributed by atoms with Crippen molar-refractivity contribution in [3.8, 4) is 0 Å². The Morgan fingerprint density at radius 2 is 1.35 bits per heavy atom. The number of hydrogen-bond donors (Lipinski definition) is 1. The zero-order valence-corrected chi connectivity index (χ0v) is 23.7. The summed E-state index contributed by atoms with van der Waals surface area (Å²) in [4.78, 5) is 17.0. The van der Waals surface area contributed by atoms with Crippen LogP contribution in [-0.2, 0) is 10.5 Å². The van der Waals surface area contributed by atoms with Crippen LogP contribution in [0.1, 0.15) is 59.5 Å². The summed E-state index contributed by atoms with van der Waals surface area (Å²) in [5.41, 5.74) is 9.25. The monoisotopic (exact) mass is 544 g/mol. The Kier molecular flexibility index (Phi) is 8.46. The molecule has 3 nitrogen and oxygen atoms in total. The van der Waals surface area contributed by atoms with E-state index in [1.165, 1.54) is 43.9 Å². The number of carbonyl (C=O) groups excluding carboxylic acids is 1. The van der Waals surface area contributed by atoms with Crippen molar-refractivity contribution in [2.24, 2.45) is 0 Å². The number of benzene rings is 4. The van der Waals surface area contributed by atoms with E-state index < -0.39 is 0 Å². The molecule has 2 aliphatic rings. The molecule has 2 aliphatic heterocycles. The summed E-state index contributed by atoms with van der Waals surface area (Å²) in [6.45, 7) is 3.04. The number of piperidine rings is 1. The standard InChI is InChI=1S/C36H36N2OS/c39-34(37-36-31-17-8-7-16-30(31)26-40-33-19-10-9-18-32(33)36)20-11-23-38-24-21-29(22-25-38)35(27-12-3-1-4-13-27)28-14-5-2-6-15-28/h1-10,12-19,36H,11,20-26H2,(H,37,39). The number of amides is 1. The molecule has 0 aromatic heterocycles. The fraction of sp³-hybridized carbons (Fsp3) is 0.250. The molecule has 1 atom stereocenters. The second-order valence-electron chi connectivity index (χ2n) is 10.7. The van der Waals surface area contributed by atoms with Gasteiger partial charge in [0.15, 0.2) is 0 Å². The minimum absolute atomic E-state index is 0.0908. The summed E-state index contributed by atoms with van der Waals surface area (Å²) in [6, 6.07) is 38.5. The Balaban J connectivity index is 1.07. The van der Waals surface area contributed by atoms with E-state index in [1.54, 1.807) is 0 Å². The van der Waals surface area contributed by atoms with Crippen LogP contribution in [0.3, 0.4) is 0 Å². The van der Waals surface area contributed by atoms with E-state index in [-0.39, 0.29) is 11.9 Å². The van der Waals surface area contributed by atoms with Crippen molar-refractivity contribution in [2.75, 3.05) is 19.6 Å². The predicted octanol–water partition coefficient (Wildman–Crippen LogP) is 7.88. The van der Waals surface area contributed by atoms with Crippen LogP contribution in [-0.4, -0.2) is 30.4 Å². The smallest absolute Gasteiger partial charge is 0.220 e. The van der Waals surface area contributed by atoms with E-state index in [0.29, 0.717) is 6.42 Å². The maximum absolute atomic E-state index is 13.2. The summed E-state index contributed by atoms with van der Waals surface area (Å²) < 4.78 is 0. The van der Waals surface area contributed by atoms with Crippen LogP contribution in [0, 0.1) is 0 Å². The van der Waals surface area contributed by atoms with Gasteiger partial charge in [-0.3, -0.25) is 4.79 Å². The van der Waals surface area contributed by atoms with Crippen LogP contribution in [0.4, 0.5) is 0 Å². The maximum atomic E-state index is 13.2. The fourth-order valence-electron chi connectivity index (χ4n) is 6.05. The second-order valence-corrected chi connectivity index (χ2v) is 11.7. The predicted molar refractivity (Wildman–Crippen MR) is 166 cm³/mol. The van der Waals surface area contributed by atoms with Crippen LogP contribution >= 0.6 is 11.8 Å². The van der Waals surface area contributed by atoms with E-state index in [2.05, 4.69) is 119 Å². The van der Waals surface area contributed by atoms with Crippen LogP contribution in [0.2, 0.25) is 0 Å². The molecule has 202 valence electrons. The highest BCUT2D eigenvalue weighted by atomic mass is 32.2. The number of nitrogens with zero attached hydrogens (tertiary/aromatic N) is 1. The van der Waals surface area contributed by atoms with Crippen molar-refractivity contribution < 1.29 is 4.79 Å². The molecule has 1 fully saturated rings. The van der Waals surface area contributed by atoms with Gasteiger partial charge in [-0.05, 0) is 65.3 Å². The van der Waals surface area contributed by atoms with Crippen LogP contribution in [0.15, 0.2) is 120 Å². The molecule has 1 amide bonds. The topological polar surface area (TPSA) is 32.3 Å². The van der Waals surface area contributed by atoms with E-state index in [9.17, 15) is 4.79 Å². The molecule has 0 aliphatic carbocycles. The van der Waals surface area contributed by atoms with Gasteiger partial charge in [-0.25, -0.2) is 0 Å². The van der Waals surface area contributed by atoms with E-state index in [4.69, 9.17) is 0 Å². The van der Waals surface area contributed by atoms with Crippen LogP contribution in [0.25, 0.3) is 5.57 Å². The van der Waals surface area contributed by atoms with Gasteiger partial charge in [0.1, 0.15) is 0 Å². The highest BCUT2D eigenvalue weighted by molar-refractivity contribution is 7.98. The Hall–Kier alpha value is -3.60. The van der Waals surface area contributed by atoms with Gasteiger partial charge in [-0.1, -0.05) is 109 Å². The number of rotatable bonds is 7. The number of carbonyl (C=O) groups is 1. The van der Waals surface area contributed by atoms with Crippen molar-refractivity contribution in [3.63, 3.8) is 0 Å². The molecule has 1 N–H and O–H groups in total. The van der Waals surface area contributed by atoms with Crippen LogP contribution < -0.4 is 5.32 Å². The molecule has 6 rings (SSSR count). The molecule has 0 bridgehead atoms. The van der Waals surface area contributed by atoms with Gasteiger partial charge in [0.25, 0.3) is 0 Å². The number of hydrogen-bond acceptors (Lipinski definition) is 3. The normalized spacial score (nSPS) is 16.9. The van der Waals surface area contributed by atoms with Crippen LogP contribution in [0.5, 0.6) is 0 Å². The lowest BCUT2D eigenvalue weighted by molar-refractivity contribution is -0.121. The molecule has 40 heavy (non-hydrogen) atoms. The minimum atomic E-state index is -0.0908. The first kappa shape index (κ1) is 26.6. The Morgan fingerprint density at radius 1 is 0.750 bits per heavy atom. The third kappa shape index (κ3) is 6.09. The minimum Gasteiger partial charge on any atom is -0.345 e. The van der Waals surface area contributed by atoms with Crippen molar-refractivity contribution in [1.82, 2.24) is 10.2 Å². The lowest BCUT2D eigenvalue weighted by Gasteiger charge is -2.30. The molecule has 1 saturated heterocycles. The zero-order valence-electron chi connectivity index (χ0n) is 22.9. The van der Waals surface area contributed by atoms with Gasteiger partial charge in [-0.15, -0.1) is 11.8 Å².